The molecule has 4 unspecified atom stereocenters. The van der Waals surface area contributed by atoms with Gasteiger partial charge >= 0.3 is 0 Å². The van der Waals surface area contributed by atoms with E-state index in [-0.39, 0.29) is 11.4 Å². The summed E-state index contributed by atoms with van der Waals surface area (Å²) < 4.78 is 7.67. The molecule has 0 aromatic carbocycles. The number of hydrogen-bond donors (Lipinski definition) is 0. The van der Waals surface area contributed by atoms with Crippen LogP contribution in [0.4, 0.5) is 0 Å². The Bertz CT molecular complexity index is 407. The Labute approximate surface area is 196 Å². The van der Waals surface area contributed by atoms with Gasteiger partial charge in [-0.1, -0.05) is 69.2 Å². The van der Waals surface area contributed by atoms with Gasteiger partial charge in [-0.25, -0.2) is 0 Å². The van der Waals surface area contributed by atoms with Crippen LogP contribution in [0.1, 0.15) is 95.9 Å². The highest BCUT2D eigenvalue weighted by atomic mass is 16.6. The van der Waals surface area contributed by atoms with Crippen LogP contribution in [0.5, 0.6) is 0 Å². The van der Waals surface area contributed by atoms with Crippen molar-refractivity contribution in [3.63, 3.8) is 0 Å². The van der Waals surface area contributed by atoms with Crippen LogP contribution in [0.15, 0.2) is 0 Å². The second-order valence-electron chi connectivity index (χ2n) is 8.64. The molecule has 0 N–H and O–H groups in total. The van der Waals surface area contributed by atoms with E-state index in [0.717, 1.165) is 65.2 Å². The van der Waals surface area contributed by atoms with Gasteiger partial charge in [0.05, 0.1) is 0 Å². The zero-order valence-electron chi connectivity index (χ0n) is 23.4. The molecule has 0 bridgehead atoms. The van der Waals surface area contributed by atoms with E-state index in [1.807, 2.05) is 0 Å². The average Bonchev–Trinajstić information content (AvgIpc) is 2.80. The summed E-state index contributed by atoms with van der Waals surface area (Å²) in [6.45, 7) is 35.8. The molecule has 0 saturated heterocycles. The van der Waals surface area contributed by atoms with Gasteiger partial charge in [-0.15, -0.1) is 0 Å². The monoisotopic (exact) mass is 442 g/mol. The summed E-state index contributed by atoms with van der Waals surface area (Å²) in [6, 6.07) is 0.607. The summed E-state index contributed by atoms with van der Waals surface area (Å²) in [5.41, 5.74) is -0.676. The second kappa shape index (κ2) is 14.8. The molecular weight excluding hydrogens is 384 g/mol. The molecule has 0 aromatic heterocycles. The Morgan fingerprint density at radius 2 is 0.742 bits per heavy atom. The van der Waals surface area contributed by atoms with Gasteiger partial charge in [-0.2, -0.15) is 0 Å². The first-order valence-corrected chi connectivity index (χ1v) is 13.4. The lowest BCUT2D eigenvalue weighted by atomic mass is 9.92. The third-order valence-electron chi connectivity index (χ3n) is 7.99. The molecule has 4 atom stereocenters. The van der Waals surface area contributed by atoms with Crippen LogP contribution in [0.2, 0.25) is 0 Å². The maximum atomic E-state index is 7.67. The van der Waals surface area contributed by atoms with Gasteiger partial charge in [-0.05, 0) is 79.0 Å². The number of likely N-dealkylation sites (N-methyl/N-ethyl adjacent to an activating group) is 4. The first kappa shape index (κ1) is 30.8. The third-order valence-corrected chi connectivity index (χ3v) is 7.99. The molecule has 0 saturated carbocycles. The molecule has 5 nitrogen and oxygen atoms in total. The Morgan fingerprint density at radius 3 is 0.903 bits per heavy atom. The minimum absolute atomic E-state index is 0.304. The van der Waals surface area contributed by atoms with Gasteiger partial charge in [0.15, 0.2) is 0 Å². The second-order valence-corrected chi connectivity index (χ2v) is 8.64. The highest BCUT2D eigenvalue weighted by Gasteiger charge is 2.52. The fourth-order valence-corrected chi connectivity index (χ4v) is 5.95. The minimum atomic E-state index is -0.338. The van der Waals surface area contributed by atoms with Crippen molar-refractivity contribution in [3.05, 3.63) is 0 Å². The lowest BCUT2D eigenvalue weighted by Gasteiger charge is -2.58. The summed E-state index contributed by atoms with van der Waals surface area (Å²) in [6.07, 6.45) is 1.95. The molecule has 0 amide bonds. The van der Waals surface area contributed by atoms with Crippen LogP contribution >= 0.6 is 0 Å². The molecule has 188 valence electrons. The highest BCUT2D eigenvalue weighted by molar-refractivity contribution is 4.99. The largest absolute Gasteiger partial charge is 0.336 e. The number of nitrogens with zero attached hydrogens (tertiary/aromatic N) is 4. The van der Waals surface area contributed by atoms with Crippen LogP contribution in [0, 0.1) is 0 Å². The number of ether oxygens (including phenoxy) is 1. The van der Waals surface area contributed by atoms with Crippen LogP contribution in [-0.4, -0.2) is 95.5 Å². The SMILES string of the molecule is CCN(CC)C(C)C(CC)(OC(CC)(C(C)N(CC)CC)N(CC)CC)N(CC)CC. The van der Waals surface area contributed by atoms with Crippen LogP contribution in [-0.2, 0) is 4.74 Å². The molecule has 0 spiro atoms. The average molecular weight is 443 g/mol. The molecule has 0 heterocycles. The minimum Gasteiger partial charge on any atom is -0.336 e. The third kappa shape index (κ3) is 6.44. The zero-order chi connectivity index (χ0) is 24.2. The van der Waals surface area contributed by atoms with Gasteiger partial charge in [-0.3, -0.25) is 19.6 Å². The van der Waals surface area contributed by atoms with Crippen molar-refractivity contribution in [2.75, 3.05) is 52.4 Å². The summed E-state index contributed by atoms with van der Waals surface area (Å²) in [5, 5.41) is 0. The van der Waals surface area contributed by atoms with Crippen LogP contribution < -0.4 is 0 Å². The smallest absolute Gasteiger partial charge is 0.139 e. The van der Waals surface area contributed by atoms with Crippen molar-refractivity contribution in [2.45, 2.75) is 119 Å². The van der Waals surface area contributed by atoms with Gasteiger partial charge in [0, 0.05) is 12.1 Å². The lowest BCUT2D eigenvalue weighted by Crippen LogP contribution is -2.71. The van der Waals surface area contributed by atoms with E-state index in [4.69, 9.17) is 4.74 Å². The van der Waals surface area contributed by atoms with Gasteiger partial charge in [0.1, 0.15) is 11.4 Å². The number of rotatable bonds is 18. The molecular formula is C26H58N4O. The van der Waals surface area contributed by atoms with Crippen molar-refractivity contribution in [1.82, 2.24) is 19.6 Å². The molecule has 0 aromatic rings. The normalized spacial score (nSPS) is 18.6. The lowest BCUT2D eigenvalue weighted by molar-refractivity contribution is -0.313. The molecule has 0 aliphatic carbocycles. The van der Waals surface area contributed by atoms with E-state index in [2.05, 4.69) is 103 Å². The molecule has 0 fully saturated rings. The van der Waals surface area contributed by atoms with E-state index in [1.165, 1.54) is 0 Å². The molecule has 5 heteroatoms. The highest BCUT2D eigenvalue weighted by Crippen LogP contribution is 2.39. The molecule has 0 radical (unpaired) electrons. The molecule has 0 aliphatic heterocycles. The summed E-state index contributed by atoms with van der Waals surface area (Å²) in [5.74, 6) is 0. The molecule has 31 heavy (non-hydrogen) atoms. The quantitative estimate of drug-likeness (QED) is 0.266. The molecule has 0 rings (SSSR count). The van der Waals surface area contributed by atoms with Crippen LogP contribution in [0.3, 0.4) is 0 Å². The fraction of sp³-hybridized carbons (Fsp3) is 1.00. The first-order valence-electron chi connectivity index (χ1n) is 13.4. The maximum Gasteiger partial charge on any atom is 0.139 e. The van der Waals surface area contributed by atoms with Gasteiger partial charge in [0.2, 0.25) is 0 Å². The van der Waals surface area contributed by atoms with Crippen LogP contribution in [0.25, 0.3) is 0 Å². The Hall–Kier alpha value is -0.200. The standard InChI is InChI=1S/C26H58N4O/c1-13-25(29(19-7)20-8,23(11)27(15-3)16-4)31-26(14-2,30(21-9)22-10)24(12)28(17-5)18-6/h23-24H,13-22H2,1-12H3. The van der Waals surface area contributed by atoms with Gasteiger partial charge < -0.3 is 4.74 Å². The maximum absolute atomic E-state index is 7.67. The topological polar surface area (TPSA) is 22.2 Å². The Balaban J connectivity index is 6.86. The number of hydrogen-bond acceptors (Lipinski definition) is 5. The summed E-state index contributed by atoms with van der Waals surface area (Å²) in [4.78, 5) is 10.3. The van der Waals surface area contributed by atoms with E-state index in [1.54, 1.807) is 0 Å². The first-order chi connectivity index (χ1) is 14.7. The predicted octanol–water partition coefficient (Wildman–Crippen LogP) is 5.36. The van der Waals surface area contributed by atoms with Crippen molar-refractivity contribution < 1.29 is 4.74 Å². The Kier molecular flexibility index (Phi) is 14.8. The van der Waals surface area contributed by atoms with Crippen molar-refractivity contribution in [2.24, 2.45) is 0 Å². The van der Waals surface area contributed by atoms with E-state index >= 15 is 0 Å². The molecule has 0 aliphatic rings. The Morgan fingerprint density at radius 1 is 0.484 bits per heavy atom. The van der Waals surface area contributed by atoms with Gasteiger partial charge in [0.25, 0.3) is 0 Å². The predicted molar refractivity (Wildman–Crippen MR) is 138 cm³/mol. The van der Waals surface area contributed by atoms with Crippen molar-refractivity contribution in [1.29, 1.82) is 0 Å². The van der Waals surface area contributed by atoms with E-state index in [9.17, 15) is 0 Å². The van der Waals surface area contributed by atoms with Crippen molar-refractivity contribution >= 4 is 0 Å². The van der Waals surface area contributed by atoms with E-state index in [0.29, 0.717) is 12.1 Å². The van der Waals surface area contributed by atoms with Crippen molar-refractivity contribution in [3.8, 4) is 0 Å². The summed E-state index contributed by atoms with van der Waals surface area (Å²) in [7, 11) is 0. The zero-order valence-corrected chi connectivity index (χ0v) is 23.4. The summed E-state index contributed by atoms with van der Waals surface area (Å²) >= 11 is 0. The fourth-order valence-electron chi connectivity index (χ4n) is 5.95. The van der Waals surface area contributed by atoms with E-state index < -0.39 is 0 Å².